The van der Waals surface area contributed by atoms with Gasteiger partial charge in [-0.25, -0.2) is 13.2 Å². The van der Waals surface area contributed by atoms with Gasteiger partial charge in [-0.15, -0.1) is 11.3 Å². The van der Waals surface area contributed by atoms with Crippen molar-refractivity contribution in [2.24, 2.45) is 16.5 Å². The van der Waals surface area contributed by atoms with Crippen molar-refractivity contribution in [2.45, 2.75) is 23.8 Å². The molecule has 162 valence electrons. The van der Waals surface area contributed by atoms with Crippen LogP contribution in [-0.4, -0.2) is 43.9 Å². The van der Waals surface area contributed by atoms with Crippen LogP contribution < -0.4 is 27.2 Å². The molecule has 11 nitrogen and oxygen atoms in total. The largest absolute Gasteiger partial charge is 0.480 e. The molecule has 0 bridgehead atoms. The average Bonchev–Trinajstić information content (AvgIpc) is 3.11. The molecule has 1 aromatic heterocycles. The first-order chi connectivity index (χ1) is 14.1. The Morgan fingerprint density at radius 2 is 1.83 bits per heavy atom. The number of aliphatic carboxylic acids is 1. The molecule has 2 rings (SSSR count). The molecule has 0 radical (unpaired) electrons. The summed E-state index contributed by atoms with van der Waals surface area (Å²) in [4.78, 5) is 27.8. The van der Waals surface area contributed by atoms with Crippen LogP contribution in [0, 0.1) is 0 Å². The number of carbonyl (C=O) groups excluding carboxylic acids is 1. The lowest BCUT2D eigenvalue weighted by Gasteiger charge is -2.14. The Kier molecular flexibility index (Phi) is 7.60. The third-order valence-electron chi connectivity index (χ3n) is 3.85. The highest BCUT2D eigenvalue weighted by atomic mass is 32.2. The lowest BCUT2D eigenvalue weighted by atomic mass is 10.1. The number of hydrogen-bond donors (Lipinski definition) is 6. The first-order valence-corrected chi connectivity index (χ1v) is 11.0. The van der Waals surface area contributed by atoms with Crippen LogP contribution in [0.2, 0.25) is 0 Å². The van der Waals surface area contributed by atoms with Crippen molar-refractivity contribution in [3.63, 3.8) is 0 Å². The summed E-state index contributed by atoms with van der Waals surface area (Å²) in [5, 5.41) is 13.2. The molecular weight excluding hydrogens is 432 g/mol. The van der Waals surface area contributed by atoms with E-state index in [1.54, 1.807) is 0 Å². The number of thiophene rings is 1. The predicted molar refractivity (Wildman–Crippen MR) is 115 cm³/mol. The molecule has 9 N–H and O–H groups in total. The summed E-state index contributed by atoms with van der Waals surface area (Å²) in [6.45, 7) is 0.216. The molecule has 0 unspecified atom stereocenters. The number of rotatable bonds is 10. The number of sulfonamides is 1. The number of nitrogen functional groups attached to an aromatic ring is 1. The summed E-state index contributed by atoms with van der Waals surface area (Å²) >= 11 is 0.975. The molecule has 0 spiro atoms. The normalized spacial score (nSPS) is 12.0. The summed E-state index contributed by atoms with van der Waals surface area (Å²) in [5.74, 6) is -2.05. The number of carboxylic acid groups (broad SMARTS) is 1. The number of anilines is 2. The van der Waals surface area contributed by atoms with E-state index >= 15 is 0 Å². The minimum absolute atomic E-state index is 0.0302. The molecule has 1 amide bonds. The van der Waals surface area contributed by atoms with Crippen molar-refractivity contribution in [1.82, 2.24) is 5.32 Å². The van der Waals surface area contributed by atoms with Gasteiger partial charge in [-0.3, -0.25) is 14.5 Å². The molecule has 1 atom stereocenters. The number of nitrogens with one attached hydrogen (secondary N) is 2. The number of carbonyl (C=O) groups is 2. The molecule has 1 heterocycles. The van der Waals surface area contributed by atoms with Crippen molar-refractivity contribution in [2.75, 3.05) is 17.0 Å². The van der Waals surface area contributed by atoms with Crippen LogP contribution in [0.1, 0.15) is 22.5 Å². The Balaban J connectivity index is 2.10. The van der Waals surface area contributed by atoms with Crippen LogP contribution in [0.25, 0.3) is 0 Å². The van der Waals surface area contributed by atoms with Gasteiger partial charge in [0.05, 0.1) is 10.6 Å². The minimum atomic E-state index is -3.96. The van der Waals surface area contributed by atoms with E-state index in [1.807, 2.05) is 0 Å². The lowest BCUT2D eigenvalue weighted by molar-refractivity contribution is -0.139. The SMILES string of the molecule is NC(N)=NCCC[C@@H](NC(=O)c1sccc1NS(=O)(=O)c1ccc(N)cc1)C(=O)O. The molecule has 2 aromatic rings. The topological polar surface area (TPSA) is 203 Å². The highest BCUT2D eigenvalue weighted by molar-refractivity contribution is 7.92. The second kappa shape index (κ2) is 9.93. The van der Waals surface area contributed by atoms with E-state index in [1.165, 1.54) is 35.7 Å². The van der Waals surface area contributed by atoms with Crippen LogP contribution in [0.3, 0.4) is 0 Å². The van der Waals surface area contributed by atoms with Crippen LogP contribution in [0.5, 0.6) is 0 Å². The third-order valence-corrected chi connectivity index (χ3v) is 6.15. The number of carboxylic acids is 1. The van der Waals surface area contributed by atoms with E-state index in [0.29, 0.717) is 12.1 Å². The van der Waals surface area contributed by atoms with Crippen molar-refractivity contribution in [3.05, 3.63) is 40.6 Å². The number of guanidine groups is 1. The van der Waals surface area contributed by atoms with E-state index in [2.05, 4.69) is 15.0 Å². The smallest absolute Gasteiger partial charge is 0.326 e. The first kappa shape index (κ1) is 23.0. The Hall–Kier alpha value is -3.32. The first-order valence-electron chi connectivity index (χ1n) is 8.65. The van der Waals surface area contributed by atoms with Gasteiger partial charge in [-0.2, -0.15) is 0 Å². The quantitative estimate of drug-likeness (QED) is 0.128. The van der Waals surface area contributed by atoms with E-state index in [-0.39, 0.29) is 34.4 Å². The predicted octanol–water partition coefficient (Wildman–Crippen LogP) is 0.368. The standard InChI is InChI=1S/C17H22N6O5S2/c18-10-3-5-11(6-4-10)30(27,28)23-12-7-9-29-14(12)15(24)22-13(16(25)26)2-1-8-21-17(19)20/h3-7,9,13,23H,1-2,8,18H2,(H,22,24)(H,25,26)(H4,19,20,21)/t13-/m1/s1. The maximum absolute atomic E-state index is 12.6. The molecule has 30 heavy (non-hydrogen) atoms. The van der Waals surface area contributed by atoms with Crippen LogP contribution in [-0.2, 0) is 14.8 Å². The average molecular weight is 455 g/mol. The van der Waals surface area contributed by atoms with Gasteiger partial charge in [0.15, 0.2) is 5.96 Å². The Morgan fingerprint density at radius 1 is 1.17 bits per heavy atom. The molecule has 0 fully saturated rings. The van der Waals surface area contributed by atoms with Gasteiger partial charge in [0.1, 0.15) is 10.9 Å². The van der Waals surface area contributed by atoms with Crippen molar-refractivity contribution < 1.29 is 23.1 Å². The fraction of sp³-hybridized carbons (Fsp3) is 0.235. The van der Waals surface area contributed by atoms with Crippen molar-refractivity contribution in [3.8, 4) is 0 Å². The van der Waals surface area contributed by atoms with Gasteiger partial charge in [-0.1, -0.05) is 0 Å². The molecule has 0 aliphatic rings. The molecule has 0 aliphatic heterocycles. The maximum Gasteiger partial charge on any atom is 0.326 e. The van der Waals surface area contributed by atoms with Crippen LogP contribution >= 0.6 is 11.3 Å². The summed E-state index contributed by atoms with van der Waals surface area (Å²) in [6.07, 6.45) is 0.423. The second-order valence-corrected chi connectivity index (χ2v) is 8.75. The van der Waals surface area contributed by atoms with Crippen LogP contribution in [0.4, 0.5) is 11.4 Å². The Labute approximate surface area is 177 Å². The van der Waals surface area contributed by atoms with Gasteiger partial charge >= 0.3 is 5.97 Å². The molecule has 0 aliphatic carbocycles. The Bertz CT molecular complexity index is 1030. The number of aliphatic imine (C=N–C) groups is 1. The van der Waals surface area contributed by atoms with Crippen LogP contribution in [0.15, 0.2) is 45.6 Å². The summed E-state index contributed by atoms with van der Waals surface area (Å²) in [6, 6.07) is 5.78. The fourth-order valence-corrected chi connectivity index (χ4v) is 4.29. The second-order valence-electron chi connectivity index (χ2n) is 6.15. The zero-order valence-corrected chi connectivity index (χ0v) is 17.4. The molecular formula is C17H22N6O5S2. The number of amides is 1. The van der Waals surface area contributed by atoms with Gasteiger partial charge in [0, 0.05) is 12.2 Å². The Morgan fingerprint density at radius 3 is 2.43 bits per heavy atom. The maximum atomic E-state index is 12.6. The van der Waals surface area contributed by atoms with Gasteiger partial charge in [0.25, 0.3) is 15.9 Å². The van der Waals surface area contributed by atoms with Gasteiger partial charge in [0.2, 0.25) is 0 Å². The monoisotopic (exact) mass is 454 g/mol. The number of benzene rings is 1. The zero-order valence-electron chi connectivity index (χ0n) is 15.7. The minimum Gasteiger partial charge on any atom is -0.480 e. The lowest BCUT2D eigenvalue weighted by Crippen LogP contribution is -2.40. The molecule has 0 saturated heterocycles. The van der Waals surface area contributed by atoms with E-state index < -0.39 is 27.9 Å². The zero-order chi connectivity index (χ0) is 22.3. The summed E-state index contributed by atoms with van der Waals surface area (Å²) < 4.78 is 27.4. The van der Waals surface area contributed by atoms with E-state index in [9.17, 15) is 23.1 Å². The third kappa shape index (κ3) is 6.35. The fourth-order valence-electron chi connectivity index (χ4n) is 2.40. The van der Waals surface area contributed by atoms with Crippen molar-refractivity contribution in [1.29, 1.82) is 0 Å². The van der Waals surface area contributed by atoms with Gasteiger partial charge in [-0.05, 0) is 48.6 Å². The number of nitrogens with two attached hydrogens (primary N) is 3. The molecule has 13 heteroatoms. The van der Waals surface area contributed by atoms with E-state index in [4.69, 9.17) is 17.2 Å². The van der Waals surface area contributed by atoms with Gasteiger partial charge < -0.3 is 27.6 Å². The number of nitrogens with zero attached hydrogens (tertiary/aromatic N) is 1. The van der Waals surface area contributed by atoms with E-state index in [0.717, 1.165) is 11.3 Å². The highest BCUT2D eigenvalue weighted by Gasteiger charge is 2.24. The number of hydrogen-bond acceptors (Lipinski definition) is 7. The molecule has 1 aromatic carbocycles. The molecule has 0 saturated carbocycles. The highest BCUT2D eigenvalue weighted by Crippen LogP contribution is 2.25. The van der Waals surface area contributed by atoms with Crippen molar-refractivity contribution >= 4 is 50.6 Å². The summed E-state index contributed by atoms with van der Waals surface area (Å²) in [7, 11) is -3.96. The summed E-state index contributed by atoms with van der Waals surface area (Å²) in [5.41, 5.74) is 16.4.